The van der Waals surface area contributed by atoms with E-state index in [0.717, 1.165) is 0 Å². The van der Waals surface area contributed by atoms with Gasteiger partial charge < -0.3 is 37.0 Å². The lowest BCUT2D eigenvalue weighted by Gasteiger charge is -2.26. The highest BCUT2D eigenvalue weighted by molar-refractivity contribution is 7.98. The highest BCUT2D eigenvalue weighted by atomic mass is 32.2. The number of hydrogen-bond donors (Lipinski definition) is 7. The average molecular weight is 408 g/mol. The van der Waals surface area contributed by atoms with Gasteiger partial charge in [-0.3, -0.25) is 14.4 Å². The van der Waals surface area contributed by atoms with Crippen LogP contribution in [-0.4, -0.2) is 87.9 Å². The average Bonchev–Trinajstić information content (AvgIpc) is 2.59. The van der Waals surface area contributed by atoms with E-state index in [0.29, 0.717) is 5.75 Å². The first kappa shape index (κ1) is 25.1. The number of amides is 3. The monoisotopic (exact) mass is 408 g/mol. The smallest absolute Gasteiger partial charge is 0.328 e. The molecule has 0 saturated carbocycles. The van der Waals surface area contributed by atoms with E-state index in [2.05, 4.69) is 16.0 Å². The van der Waals surface area contributed by atoms with Crippen molar-refractivity contribution in [2.75, 3.05) is 18.6 Å². The van der Waals surface area contributed by atoms with Crippen LogP contribution in [0.2, 0.25) is 0 Å². The number of aliphatic carboxylic acids is 1. The van der Waals surface area contributed by atoms with Crippen molar-refractivity contribution in [3.63, 3.8) is 0 Å². The second-order valence-corrected chi connectivity index (χ2v) is 6.88. The van der Waals surface area contributed by atoms with E-state index >= 15 is 0 Å². The Hall–Kier alpha value is -1.89. The molecule has 12 heteroatoms. The van der Waals surface area contributed by atoms with Gasteiger partial charge in [0.05, 0.1) is 18.8 Å². The highest BCUT2D eigenvalue weighted by Gasteiger charge is 2.32. The summed E-state index contributed by atoms with van der Waals surface area (Å²) >= 11 is 1.40. The summed E-state index contributed by atoms with van der Waals surface area (Å²) in [6.07, 6.45) is -0.652. The predicted molar refractivity (Wildman–Crippen MR) is 98.8 cm³/mol. The zero-order valence-corrected chi connectivity index (χ0v) is 16.3. The molecule has 0 rings (SSSR count). The largest absolute Gasteiger partial charge is 0.480 e. The van der Waals surface area contributed by atoms with Gasteiger partial charge >= 0.3 is 5.97 Å². The van der Waals surface area contributed by atoms with Gasteiger partial charge in [0.1, 0.15) is 12.1 Å². The minimum atomic E-state index is -1.55. The predicted octanol–water partition coefficient (Wildman–Crippen LogP) is -3.00. The molecule has 0 heterocycles. The Morgan fingerprint density at radius 1 is 0.963 bits per heavy atom. The summed E-state index contributed by atoms with van der Waals surface area (Å²) in [7, 11) is 0. The number of thioether (sulfide) groups is 1. The van der Waals surface area contributed by atoms with Gasteiger partial charge in [0, 0.05) is 0 Å². The van der Waals surface area contributed by atoms with E-state index < -0.39 is 54.0 Å². The zero-order chi connectivity index (χ0) is 21.1. The summed E-state index contributed by atoms with van der Waals surface area (Å²) in [5.41, 5.74) is 5.18. The third-order valence-electron chi connectivity index (χ3n) is 3.56. The molecular formula is C15H28N4O7S. The lowest BCUT2D eigenvalue weighted by molar-refractivity contribution is -0.145. The summed E-state index contributed by atoms with van der Waals surface area (Å²) in [6.45, 7) is 2.11. The molecule has 0 saturated heterocycles. The van der Waals surface area contributed by atoms with Gasteiger partial charge in [-0.15, -0.1) is 0 Å². The molecule has 0 spiro atoms. The lowest BCUT2D eigenvalue weighted by Crippen LogP contribution is -2.59. The third kappa shape index (κ3) is 9.04. The minimum Gasteiger partial charge on any atom is -0.480 e. The molecular weight excluding hydrogens is 380 g/mol. The van der Waals surface area contributed by atoms with Gasteiger partial charge in [0.2, 0.25) is 17.7 Å². The van der Waals surface area contributed by atoms with Gasteiger partial charge in [-0.25, -0.2) is 4.79 Å². The number of hydrogen-bond acceptors (Lipinski definition) is 8. The van der Waals surface area contributed by atoms with Crippen LogP contribution in [0.4, 0.5) is 0 Å². The van der Waals surface area contributed by atoms with Crippen LogP contribution in [0.3, 0.4) is 0 Å². The molecule has 5 atom stereocenters. The second-order valence-electron chi connectivity index (χ2n) is 5.90. The van der Waals surface area contributed by atoms with Crippen molar-refractivity contribution in [3.8, 4) is 0 Å². The molecule has 5 unspecified atom stereocenters. The number of rotatable bonds is 12. The SMILES string of the molecule is CSCCC(NC(=O)C(NC(=O)CN)C(C)O)C(=O)NC(C(=O)O)C(C)O. The van der Waals surface area contributed by atoms with Crippen molar-refractivity contribution in [2.45, 2.75) is 50.6 Å². The van der Waals surface area contributed by atoms with E-state index in [9.17, 15) is 29.4 Å². The maximum atomic E-state index is 12.4. The summed E-state index contributed by atoms with van der Waals surface area (Å²) in [4.78, 5) is 47.3. The molecule has 0 aliphatic heterocycles. The molecule has 0 aliphatic rings. The Balaban J connectivity index is 5.26. The van der Waals surface area contributed by atoms with Crippen molar-refractivity contribution in [2.24, 2.45) is 5.73 Å². The first-order valence-corrected chi connectivity index (χ1v) is 9.62. The normalized spacial score (nSPS) is 16.4. The zero-order valence-electron chi connectivity index (χ0n) is 15.5. The molecule has 0 aromatic heterocycles. The molecule has 0 radical (unpaired) electrons. The van der Waals surface area contributed by atoms with E-state index in [1.165, 1.54) is 25.6 Å². The Kier molecular flexibility index (Phi) is 11.6. The first-order chi connectivity index (χ1) is 12.5. The fourth-order valence-corrected chi connectivity index (χ4v) is 2.52. The first-order valence-electron chi connectivity index (χ1n) is 8.23. The Bertz CT molecular complexity index is 530. The molecule has 0 aliphatic carbocycles. The van der Waals surface area contributed by atoms with Crippen LogP contribution in [-0.2, 0) is 19.2 Å². The molecule has 8 N–H and O–H groups in total. The quantitative estimate of drug-likeness (QED) is 0.176. The molecule has 11 nitrogen and oxygen atoms in total. The molecule has 3 amide bonds. The van der Waals surface area contributed by atoms with Gasteiger partial charge in [0.25, 0.3) is 0 Å². The van der Waals surface area contributed by atoms with E-state index in [4.69, 9.17) is 10.8 Å². The number of carboxylic acids is 1. The molecule has 27 heavy (non-hydrogen) atoms. The van der Waals surface area contributed by atoms with E-state index in [1.54, 1.807) is 6.26 Å². The second kappa shape index (κ2) is 12.5. The van der Waals surface area contributed by atoms with Gasteiger partial charge in [-0.05, 0) is 32.3 Å². The summed E-state index contributed by atoms with van der Waals surface area (Å²) in [5.74, 6) is -3.25. The van der Waals surface area contributed by atoms with Gasteiger partial charge in [-0.1, -0.05) is 0 Å². The van der Waals surface area contributed by atoms with Crippen molar-refractivity contribution >= 4 is 35.5 Å². The fourth-order valence-electron chi connectivity index (χ4n) is 2.05. The lowest BCUT2D eigenvalue weighted by atomic mass is 10.1. The summed E-state index contributed by atoms with van der Waals surface area (Å²) in [6, 6.07) is -4.00. The Morgan fingerprint density at radius 2 is 1.52 bits per heavy atom. The molecule has 0 fully saturated rings. The number of carbonyl (C=O) groups is 4. The Morgan fingerprint density at radius 3 is 1.93 bits per heavy atom. The van der Waals surface area contributed by atoms with Crippen LogP contribution in [0.5, 0.6) is 0 Å². The highest BCUT2D eigenvalue weighted by Crippen LogP contribution is 2.04. The van der Waals surface area contributed by atoms with E-state index in [-0.39, 0.29) is 13.0 Å². The third-order valence-corrected chi connectivity index (χ3v) is 4.20. The topological polar surface area (TPSA) is 191 Å². The Labute approximate surface area is 161 Å². The molecule has 156 valence electrons. The number of aliphatic hydroxyl groups is 2. The van der Waals surface area contributed by atoms with E-state index in [1.807, 2.05) is 0 Å². The minimum absolute atomic E-state index is 0.169. The van der Waals surface area contributed by atoms with Gasteiger partial charge in [0.15, 0.2) is 6.04 Å². The molecule has 0 aromatic carbocycles. The van der Waals surface area contributed by atoms with Gasteiger partial charge in [-0.2, -0.15) is 11.8 Å². The van der Waals surface area contributed by atoms with Crippen molar-refractivity contribution < 1.29 is 34.5 Å². The van der Waals surface area contributed by atoms with Crippen LogP contribution in [0.15, 0.2) is 0 Å². The summed E-state index contributed by atoms with van der Waals surface area (Å²) < 4.78 is 0. The maximum absolute atomic E-state index is 12.4. The van der Waals surface area contributed by atoms with Crippen molar-refractivity contribution in [1.82, 2.24) is 16.0 Å². The maximum Gasteiger partial charge on any atom is 0.328 e. The molecule has 0 aromatic rings. The molecule has 0 bridgehead atoms. The van der Waals surface area contributed by atoms with Crippen molar-refractivity contribution in [1.29, 1.82) is 0 Å². The van der Waals surface area contributed by atoms with Crippen LogP contribution in [0, 0.1) is 0 Å². The van der Waals surface area contributed by atoms with Crippen LogP contribution in [0.25, 0.3) is 0 Å². The van der Waals surface area contributed by atoms with Crippen LogP contribution < -0.4 is 21.7 Å². The number of carboxylic acid groups (broad SMARTS) is 1. The summed E-state index contributed by atoms with van der Waals surface area (Å²) in [5, 5.41) is 35.1. The number of nitrogens with one attached hydrogen (secondary N) is 3. The number of carbonyl (C=O) groups excluding carboxylic acids is 3. The standard InChI is InChI=1S/C15H28N4O7S/c1-7(20)11(18-10(22)6-16)14(24)17-9(4-5-27-3)13(23)19-12(8(2)21)15(25)26/h7-9,11-12,20-21H,4-6,16H2,1-3H3,(H,17,24)(H,18,22)(H,19,23)(H,25,26). The van der Waals surface area contributed by atoms with Crippen LogP contribution >= 0.6 is 11.8 Å². The van der Waals surface area contributed by atoms with Crippen LogP contribution in [0.1, 0.15) is 20.3 Å². The number of nitrogens with two attached hydrogens (primary N) is 1. The number of aliphatic hydroxyl groups excluding tert-OH is 2. The fraction of sp³-hybridized carbons (Fsp3) is 0.733. The van der Waals surface area contributed by atoms with Crippen molar-refractivity contribution in [3.05, 3.63) is 0 Å².